The fourth-order valence-electron chi connectivity index (χ4n) is 3.87. The number of carbonyl (C=O) groups is 1. The average molecular weight is 381 g/mol. The van der Waals surface area contributed by atoms with Gasteiger partial charge in [-0.15, -0.1) is 0 Å². The topological polar surface area (TPSA) is 70.4 Å². The molecule has 2 aromatic rings. The zero-order valence-corrected chi connectivity index (χ0v) is 15.2. The minimum atomic E-state index is -0.466. The highest BCUT2D eigenvalue weighted by molar-refractivity contribution is 6.44. The van der Waals surface area contributed by atoms with E-state index in [-0.39, 0.29) is 17.9 Å². The number of hydrogen-bond acceptors (Lipinski definition) is 4. The van der Waals surface area contributed by atoms with E-state index in [4.69, 9.17) is 23.2 Å². The second-order valence-electron chi connectivity index (χ2n) is 6.53. The van der Waals surface area contributed by atoms with Gasteiger partial charge >= 0.3 is 0 Å². The summed E-state index contributed by atoms with van der Waals surface area (Å²) in [7, 11) is 1.87. The fraction of sp³-hybridized carbons (Fsp3) is 0.412. The van der Waals surface area contributed by atoms with Crippen molar-refractivity contribution in [1.29, 1.82) is 0 Å². The molecule has 1 aromatic heterocycles. The predicted molar refractivity (Wildman–Crippen MR) is 97.1 cm³/mol. The van der Waals surface area contributed by atoms with E-state index in [1.165, 1.54) is 0 Å². The van der Waals surface area contributed by atoms with Crippen molar-refractivity contribution >= 4 is 34.8 Å². The molecule has 4 rings (SSSR count). The molecule has 0 unspecified atom stereocenters. The first kappa shape index (κ1) is 16.7. The highest BCUT2D eigenvalue weighted by Gasteiger charge is 2.41. The Kier molecular flexibility index (Phi) is 4.14. The highest BCUT2D eigenvalue weighted by atomic mass is 35.5. The number of aliphatic hydroxyl groups is 1. The largest absolute Gasteiger partial charge is 0.387 e. The SMILES string of the molecule is Cn1ccc(-c2cc(Cl)c(Cl)c3c2[C@@H]2CN(C(=O)CO)CC[C@@H]2N3)n1. The first-order valence-corrected chi connectivity index (χ1v) is 8.92. The number of aryl methyl sites for hydroxylation is 1. The van der Waals surface area contributed by atoms with E-state index >= 15 is 0 Å². The number of aromatic nitrogens is 2. The zero-order valence-electron chi connectivity index (χ0n) is 13.7. The molecular formula is C17H18Cl2N4O2. The molecule has 25 heavy (non-hydrogen) atoms. The van der Waals surface area contributed by atoms with Crippen LogP contribution in [-0.4, -0.2) is 51.4 Å². The molecule has 2 aliphatic heterocycles. The molecule has 3 heterocycles. The second kappa shape index (κ2) is 6.20. The molecule has 0 aliphatic carbocycles. The van der Waals surface area contributed by atoms with Crippen molar-refractivity contribution in [2.75, 3.05) is 25.0 Å². The number of nitrogens with one attached hydrogen (secondary N) is 1. The Hall–Kier alpha value is -1.76. The van der Waals surface area contributed by atoms with Crippen LogP contribution in [0.1, 0.15) is 17.9 Å². The Labute approximate surface area is 155 Å². The number of carbonyl (C=O) groups excluding carboxylic acids is 1. The molecular weight excluding hydrogens is 363 g/mol. The van der Waals surface area contributed by atoms with E-state index in [1.807, 2.05) is 25.4 Å². The van der Waals surface area contributed by atoms with E-state index in [9.17, 15) is 9.90 Å². The van der Waals surface area contributed by atoms with Gasteiger partial charge in [0.2, 0.25) is 5.91 Å². The second-order valence-corrected chi connectivity index (χ2v) is 7.31. The number of nitrogens with zero attached hydrogens (tertiary/aromatic N) is 3. The summed E-state index contributed by atoms with van der Waals surface area (Å²) >= 11 is 12.8. The van der Waals surface area contributed by atoms with Gasteiger partial charge in [0.25, 0.3) is 0 Å². The van der Waals surface area contributed by atoms with Gasteiger partial charge < -0.3 is 15.3 Å². The Bertz CT molecular complexity index is 851. The first-order chi connectivity index (χ1) is 12.0. The molecule has 132 valence electrons. The lowest BCUT2D eigenvalue weighted by atomic mass is 9.86. The summed E-state index contributed by atoms with van der Waals surface area (Å²) < 4.78 is 1.74. The quantitative estimate of drug-likeness (QED) is 0.839. The van der Waals surface area contributed by atoms with Crippen LogP contribution < -0.4 is 5.32 Å². The molecule has 0 spiro atoms. The summed E-state index contributed by atoms with van der Waals surface area (Å²) in [6.07, 6.45) is 2.67. The van der Waals surface area contributed by atoms with Crippen molar-refractivity contribution in [3.63, 3.8) is 0 Å². The molecule has 0 bridgehead atoms. The van der Waals surface area contributed by atoms with Crippen molar-refractivity contribution < 1.29 is 9.90 Å². The third-order valence-corrected chi connectivity index (χ3v) is 5.84. The molecule has 2 atom stereocenters. The minimum Gasteiger partial charge on any atom is -0.387 e. The van der Waals surface area contributed by atoms with Crippen LogP contribution in [0.2, 0.25) is 10.0 Å². The van der Waals surface area contributed by atoms with Gasteiger partial charge in [-0.25, -0.2) is 0 Å². The first-order valence-electron chi connectivity index (χ1n) is 8.16. The number of rotatable bonds is 2. The zero-order chi connectivity index (χ0) is 17.7. The maximum atomic E-state index is 11.9. The lowest BCUT2D eigenvalue weighted by Gasteiger charge is -2.35. The molecule has 0 saturated carbocycles. The van der Waals surface area contributed by atoms with Crippen LogP contribution in [0.5, 0.6) is 0 Å². The van der Waals surface area contributed by atoms with Gasteiger partial charge in [-0.3, -0.25) is 9.48 Å². The molecule has 1 amide bonds. The van der Waals surface area contributed by atoms with Gasteiger partial charge in [0.05, 0.1) is 21.4 Å². The molecule has 1 aromatic carbocycles. The number of anilines is 1. The van der Waals surface area contributed by atoms with Gasteiger partial charge in [-0.2, -0.15) is 5.10 Å². The number of hydrogen-bond donors (Lipinski definition) is 2. The van der Waals surface area contributed by atoms with Crippen LogP contribution in [0.3, 0.4) is 0 Å². The van der Waals surface area contributed by atoms with Crippen LogP contribution in [0.4, 0.5) is 5.69 Å². The number of amides is 1. The number of halogens is 2. The van der Waals surface area contributed by atoms with Gasteiger partial charge in [-0.1, -0.05) is 23.2 Å². The molecule has 8 heteroatoms. The monoisotopic (exact) mass is 380 g/mol. The minimum absolute atomic E-state index is 0.0889. The Balaban J connectivity index is 1.82. The summed E-state index contributed by atoms with van der Waals surface area (Å²) in [4.78, 5) is 13.7. The Morgan fingerprint density at radius 2 is 2.28 bits per heavy atom. The smallest absolute Gasteiger partial charge is 0.248 e. The number of benzene rings is 1. The lowest BCUT2D eigenvalue weighted by molar-refractivity contribution is -0.135. The number of piperidine rings is 1. The van der Waals surface area contributed by atoms with E-state index < -0.39 is 6.61 Å². The van der Waals surface area contributed by atoms with Crippen LogP contribution >= 0.6 is 23.2 Å². The molecule has 1 saturated heterocycles. The number of fused-ring (bicyclic) bond motifs is 3. The van der Waals surface area contributed by atoms with E-state index in [0.717, 1.165) is 28.9 Å². The van der Waals surface area contributed by atoms with Gasteiger partial charge in [-0.05, 0) is 24.1 Å². The van der Waals surface area contributed by atoms with E-state index in [0.29, 0.717) is 23.1 Å². The van der Waals surface area contributed by atoms with Crippen LogP contribution in [-0.2, 0) is 11.8 Å². The Morgan fingerprint density at radius 1 is 1.48 bits per heavy atom. The van der Waals surface area contributed by atoms with Crippen molar-refractivity contribution in [1.82, 2.24) is 14.7 Å². The highest BCUT2D eigenvalue weighted by Crippen LogP contribution is 2.50. The van der Waals surface area contributed by atoms with E-state index in [1.54, 1.807) is 9.58 Å². The third kappa shape index (κ3) is 2.69. The third-order valence-electron chi connectivity index (χ3n) is 5.05. The number of likely N-dealkylation sites (tertiary alicyclic amines) is 1. The van der Waals surface area contributed by atoms with Gasteiger partial charge in [0.1, 0.15) is 6.61 Å². The summed E-state index contributed by atoms with van der Waals surface area (Å²) in [6.45, 7) is 0.694. The van der Waals surface area contributed by atoms with Crippen molar-refractivity contribution in [2.24, 2.45) is 7.05 Å². The van der Waals surface area contributed by atoms with Crippen LogP contribution in [0, 0.1) is 0 Å². The summed E-state index contributed by atoms with van der Waals surface area (Å²) in [5.74, 6) is -0.155. The molecule has 0 radical (unpaired) electrons. The van der Waals surface area contributed by atoms with Crippen molar-refractivity contribution in [3.05, 3.63) is 33.9 Å². The maximum absolute atomic E-state index is 11.9. The normalized spacial score (nSPS) is 21.7. The van der Waals surface area contributed by atoms with Gasteiger partial charge in [0, 0.05) is 43.9 Å². The van der Waals surface area contributed by atoms with Gasteiger partial charge in [0.15, 0.2) is 0 Å². The molecule has 1 fully saturated rings. The van der Waals surface area contributed by atoms with Crippen molar-refractivity contribution in [3.8, 4) is 11.3 Å². The fourth-order valence-corrected chi connectivity index (χ4v) is 4.28. The summed E-state index contributed by atoms with van der Waals surface area (Å²) in [5, 5.41) is 18.2. The molecule has 2 N–H and O–H groups in total. The number of aliphatic hydroxyl groups excluding tert-OH is 1. The molecule has 2 aliphatic rings. The standard InChI is InChI=1S/C17H18Cl2N4O2/c1-22-4-2-13(21-22)9-6-11(18)16(19)17-15(9)10-7-23(14(25)8-24)5-3-12(10)20-17/h2,4,6,10,12,20,24H,3,5,7-8H2,1H3/t10-,12+/m1/s1. The van der Waals surface area contributed by atoms with Crippen molar-refractivity contribution in [2.45, 2.75) is 18.4 Å². The Morgan fingerprint density at radius 3 is 2.96 bits per heavy atom. The van der Waals surface area contributed by atoms with E-state index in [2.05, 4.69) is 10.4 Å². The predicted octanol–water partition coefficient (Wildman–Crippen LogP) is 2.50. The summed E-state index contributed by atoms with van der Waals surface area (Å²) in [5.41, 5.74) is 3.64. The van der Waals surface area contributed by atoms with Crippen LogP contribution in [0.15, 0.2) is 18.3 Å². The average Bonchev–Trinajstić information content (AvgIpc) is 3.20. The molecule has 6 nitrogen and oxygen atoms in total. The summed E-state index contributed by atoms with van der Waals surface area (Å²) in [6, 6.07) is 3.98. The maximum Gasteiger partial charge on any atom is 0.248 e. The lowest BCUT2D eigenvalue weighted by Crippen LogP contribution is -2.46. The van der Waals surface area contributed by atoms with Crippen LogP contribution in [0.25, 0.3) is 11.3 Å².